The van der Waals surface area contributed by atoms with Crippen LogP contribution in [0.2, 0.25) is 0 Å². The van der Waals surface area contributed by atoms with E-state index in [-0.39, 0.29) is 17.1 Å². The summed E-state index contributed by atoms with van der Waals surface area (Å²) in [5.41, 5.74) is -0.715. The van der Waals surface area contributed by atoms with Gasteiger partial charge < -0.3 is 4.98 Å². The highest BCUT2D eigenvalue weighted by atomic mass is 19.4. The lowest BCUT2D eigenvalue weighted by atomic mass is 10.1. The first-order chi connectivity index (χ1) is 10.4. The number of nitrogens with one attached hydrogen (secondary N) is 1. The predicted molar refractivity (Wildman–Crippen MR) is 77.5 cm³/mol. The summed E-state index contributed by atoms with van der Waals surface area (Å²) in [4.78, 5) is 18.2. The molecule has 0 unspecified atom stereocenters. The predicted octanol–water partition coefficient (Wildman–Crippen LogP) is 2.06. The van der Waals surface area contributed by atoms with Crippen molar-refractivity contribution in [2.24, 2.45) is 0 Å². The zero-order chi connectivity index (χ0) is 15.7. The van der Waals surface area contributed by atoms with Crippen LogP contribution >= 0.6 is 0 Å². The summed E-state index contributed by atoms with van der Waals surface area (Å²) in [5, 5.41) is 0. The van der Waals surface area contributed by atoms with Gasteiger partial charge in [0.05, 0.1) is 16.8 Å². The zero-order valence-electron chi connectivity index (χ0n) is 11.1. The highest BCUT2D eigenvalue weighted by Crippen LogP contribution is 2.35. The summed E-state index contributed by atoms with van der Waals surface area (Å²) in [6.45, 7) is 0. The number of hydrogen-bond acceptors (Lipinski definition) is 2. The number of alkyl halides is 3. The van der Waals surface area contributed by atoms with Gasteiger partial charge in [0, 0.05) is 17.7 Å². The van der Waals surface area contributed by atoms with Crippen LogP contribution in [-0.2, 0) is 6.18 Å². The van der Waals surface area contributed by atoms with Gasteiger partial charge in [-0.15, -0.1) is 4.67 Å². The van der Waals surface area contributed by atoms with Crippen LogP contribution in [0.3, 0.4) is 0 Å². The third-order valence-corrected chi connectivity index (χ3v) is 3.08. The summed E-state index contributed by atoms with van der Waals surface area (Å²) < 4.78 is 43.1. The molecule has 0 saturated carbocycles. The highest BCUT2D eigenvalue weighted by molar-refractivity contribution is 6.16. The Morgan fingerprint density at radius 2 is 1.95 bits per heavy atom. The molecule has 1 aromatic heterocycles. The fourth-order valence-corrected chi connectivity index (χ4v) is 2.11. The lowest BCUT2D eigenvalue weighted by Crippen LogP contribution is -2.13. The smallest absolute Gasteiger partial charge is 0.306 e. The average Bonchev–Trinajstić information content (AvgIpc) is 3.00. The van der Waals surface area contributed by atoms with E-state index in [4.69, 9.17) is 0 Å². The first-order valence-electron chi connectivity index (χ1n) is 6.30. The van der Waals surface area contributed by atoms with Gasteiger partial charge in [0.25, 0.3) is 11.8 Å². The number of benzene rings is 1. The molecule has 1 aromatic carbocycles. The van der Waals surface area contributed by atoms with E-state index in [9.17, 15) is 18.0 Å². The van der Waals surface area contributed by atoms with Gasteiger partial charge in [-0.1, -0.05) is 18.2 Å². The fraction of sp³-hybridized carbons (Fsp3) is 0.0667. The number of nitrogens with zero attached hydrogens (tertiary/aromatic N) is 2. The number of rotatable bonds is 2. The monoisotopic (exact) mass is 304 g/mol. The zero-order valence-corrected chi connectivity index (χ0v) is 11.1. The maximum absolute atomic E-state index is 13.1. The quantitative estimate of drug-likeness (QED) is 0.863. The Balaban J connectivity index is 2.18. The van der Waals surface area contributed by atoms with Gasteiger partial charge in [0.2, 0.25) is 0 Å². The third-order valence-electron chi connectivity index (χ3n) is 3.08. The van der Waals surface area contributed by atoms with E-state index < -0.39 is 17.3 Å². The minimum atomic E-state index is -4.53. The molecule has 2 aromatic rings. The summed E-state index contributed by atoms with van der Waals surface area (Å²) in [6.07, 6.45) is 0.0942. The standard InChI is InChI=1S/C15H8F3N3O/c16-15(17,18)11-4-2-1-3-10(11)14-20-12(7-13(22)21-14)9-5-6-19-8-9/h1-8H/p+1. The Kier molecular flexibility index (Phi) is 3.27. The number of hydrogen-bond donors (Lipinski definition) is 1. The molecule has 1 aliphatic heterocycles. The van der Waals surface area contributed by atoms with E-state index in [1.807, 2.05) is 0 Å². The third kappa shape index (κ3) is 2.62. The van der Waals surface area contributed by atoms with Gasteiger partial charge >= 0.3 is 12.4 Å². The Morgan fingerprint density at radius 3 is 2.64 bits per heavy atom. The molecular weight excluding hydrogens is 295 g/mol. The molecule has 0 aliphatic carbocycles. The molecule has 0 atom stereocenters. The van der Waals surface area contributed by atoms with Gasteiger partial charge in [-0.05, 0) is 6.07 Å². The average molecular weight is 304 g/mol. The van der Waals surface area contributed by atoms with Crippen LogP contribution in [0, 0.1) is 0 Å². The minimum Gasteiger partial charge on any atom is -0.306 e. The van der Waals surface area contributed by atoms with Crippen LogP contribution in [0.1, 0.15) is 11.3 Å². The summed E-state index contributed by atoms with van der Waals surface area (Å²) >= 11 is 0. The number of halogens is 3. The van der Waals surface area contributed by atoms with E-state index in [2.05, 4.69) is 14.6 Å². The van der Waals surface area contributed by atoms with Crippen molar-refractivity contribution in [3.63, 3.8) is 0 Å². The van der Waals surface area contributed by atoms with Crippen LogP contribution in [-0.4, -0.2) is 22.4 Å². The molecule has 0 saturated heterocycles. The molecule has 0 spiro atoms. The van der Waals surface area contributed by atoms with Crippen LogP contribution in [0.5, 0.6) is 0 Å². The molecule has 110 valence electrons. The van der Waals surface area contributed by atoms with E-state index in [0.717, 1.165) is 6.07 Å². The summed E-state index contributed by atoms with van der Waals surface area (Å²) in [7, 11) is 0. The second-order valence-electron chi connectivity index (χ2n) is 4.57. The first kappa shape index (κ1) is 14.0. The van der Waals surface area contributed by atoms with Crippen LogP contribution < -0.4 is 10.2 Å². The largest absolute Gasteiger partial charge is 0.417 e. The molecule has 22 heavy (non-hydrogen) atoms. The molecule has 0 fully saturated rings. The molecule has 7 heteroatoms. The lowest BCUT2D eigenvalue weighted by Gasteiger charge is -2.12. The Bertz CT molecular complexity index is 887. The van der Waals surface area contributed by atoms with Crippen LogP contribution in [0.15, 0.2) is 41.2 Å². The minimum absolute atomic E-state index is 0.128. The first-order valence-corrected chi connectivity index (χ1v) is 6.30. The lowest BCUT2D eigenvalue weighted by molar-refractivity contribution is -0.137. The highest BCUT2D eigenvalue weighted by Gasteiger charge is 2.34. The number of allylic oxidation sites excluding steroid dienone is 2. The Morgan fingerprint density at radius 1 is 1.18 bits per heavy atom. The SMILES string of the molecule is O=c1cc(C2=CC=[N+]=C2)nc(-c2ccccc2C(F)(F)F)[nH]1. The molecule has 0 bridgehead atoms. The molecule has 1 N–H and O–H groups in total. The second kappa shape index (κ2) is 5.13. The van der Waals surface area contributed by atoms with Crippen molar-refractivity contribution < 1.29 is 13.2 Å². The normalized spacial score (nSPS) is 13.5. The van der Waals surface area contributed by atoms with Crippen molar-refractivity contribution >= 4 is 18.0 Å². The second-order valence-corrected chi connectivity index (χ2v) is 4.57. The summed E-state index contributed by atoms with van der Waals surface area (Å²) in [5.74, 6) is -0.128. The Labute approximate surface area is 122 Å². The molecule has 0 radical (unpaired) electrons. The molecule has 0 amide bonds. The van der Waals surface area contributed by atoms with Gasteiger partial charge in [-0.25, -0.2) is 4.98 Å². The number of aromatic amines is 1. The van der Waals surface area contributed by atoms with Crippen molar-refractivity contribution in [1.82, 2.24) is 14.6 Å². The van der Waals surface area contributed by atoms with E-state index in [0.29, 0.717) is 5.57 Å². The fourth-order valence-electron chi connectivity index (χ4n) is 2.11. The van der Waals surface area contributed by atoms with Crippen molar-refractivity contribution in [3.05, 3.63) is 58.0 Å². The molecule has 2 heterocycles. The maximum atomic E-state index is 13.1. The number of aromatic nitrogens is 2. The van der Waals surface area contributed by atoms with E-state index in [1.54, 1.807) is 6.08 Å². The van der Waals surface area contributed by atoms with Crippen molar-refractivity contribution in [1.29, 1.82) is 0 Å². The van der Waals surface area contributed by atoms with Gasteiger partial charge in [0.15, 0.2) is 0 Å². The molecule has 4 nitrogen and oxygen atoms in total. The van der Waals surface area contributed by atoms with Gasteiger partial charge in [-0.3, -0.25) is 4.79 Å². The maximum Gasteiger partial charge on any atom is 0.417 e. The van der Waals surface area contributed by atoms with Crippen molar-refractivity contribution in [2.45, 2.75) is 6.18 Å². The van der Waals surface area contributed by atoms with Gasteiger partial charge in [-0.2, -0.15) is 13.2 Å². The topological polar surface area (TPSA) is 59.9 Å². The molecule has 1 aliphatic rings. The molecular formula is C15H9F3N3O+. The van der Waals surface area contributed by atoms with Crippen molar-refractivity contribution in [3.8, 4) is 11.4 Å². The van der Waals surface area contributed by atoms with E-state index in [1.165, 1.54) is 36.7 Å². The van der Waals surface area contributed by atoms with Crippen LogP contribution in [0.4, 0.5) is 13.2 Å². The molecule has 3 rings (SSSR count). The van der Waals surface area contributed by atoms with E-state index >= 15 is 0 Å². The van der Waals surface area contributed by atoms with Crippen molar-refractivity contribution in [2.75, 3.05) is 0 Å². The van der Waals surface area contributed by atoms with Gasteiger partial charge in [0.1, 0.15) is 5.82 Å². The van der Waals surface area contributed by atoms with Crippen LogP contribution in [0.25, 0.3) is 17.0 Å². The number of H-pyrrole nitrogens is 1. The Hall–Kier alpha value is -2.92. The summed E-state index contributed by atoms with van der Waals surface area (Å²) in [6, 6.07) is 6.19.